The molecule has 1 aliphatic carbocycles. The third kappa shape index (κ3) is 2.87. The van der Waals surface area contributed by atoms with Crippen molar-refractivity contribution >= 4 is 38.9 Å². The van der Waals surface area contributed by atoms with Gasteiger partial charge >= 0.3 is 0 Å². The summed E-state index contributed by atoms with van der Waals surface area (Å²) in [6.45, 7) is 0.649. The fraction of sp³-hybridized carbons (Fsp3) is 0.286. The van der Waals surface area contributed by atoms with E-state index in [2.05, 4.69) is 21.2 Å². The van der Waals surface area contributed by atoms with Gasteiger partial charge in [0.25, 0.3) is 0 Å². The summed E-state index contributed by atoms with van der Waals surface area (Å²) in [6.07, 6.45) is 2.17. The van der Waals surface area contributed by atoms with E-state index in [-0.39, 0.29) is 5.82 Å². The molecule has 3 rings (SSSR count). The Bertz CT molecular complexity index is 613. The van der Waals surface area contributed by atoms with Crippen LogP contribution in [0.5, 0.6) is 0 Å². The van der Waals surface area contributed by atoms with Gasteiger partial charge in [-0.05, 0) is 48.2 Å². The largest absolute Gasteiger partial charge is 0.306 e. The number of halogens is 3. The monoisotopic (exact) mass is 359 g/mol. The molecule has 0 radical (unpaired) electrons. The van der Waals surface area contributed by atoms with Gasteiger partial charge in [0.1, 0.15) is 5.82 Å². The van der Waals surface area contributed by atoms with Gasteiger partial charge in [0.05, 0.1) is 4.34 Å². The van der Waals surface area contributed by atoms with Crippen molar-refractivity contribution in [1.82, 2.24) is 5.32 Å². The Morgan fingerprint density at radius 1 is 1.42 bits per heavy atom. The number of thiophene rings is 1. The van der Waals surface area contributed by atoms with Crippen molar-refractivity contribution in [2.45, 2.75) is 25.4 Å². The first kappa shape index (κ1) is 13.6. The van der Waals surface area contributed by atoms with E-state index in [0.29, 0.717) is 12.6 Å². The topological polar surface area (TPSA) is 12.0 Å². The molecule has 0 amide bonds. The normalized spacial score (nSPS) is 17.7. The first-order chi connectivity index (χ1) is 9.13. The molecule has 1 aliphatic rings. The van der Waals surface area contributed by atoms with Crippen LogP contribution < -0.4 is 5.32 Å². The van der Waals surface area contributed by atoms with Crippen molar-refractivity contribution in [3.63, 3.8) is 0 Å². The van der Waals surface area contributed by atoms with Crippen LogP contribution in [0.1, 0.15) is 28.5 Å². The zero-order chi connectivity index (χ0) is 13.4. The summed E-state index contributed by atoms with van der Waals surface area (Å²) in [7, 11) is 0. The van der Waals surface area contributed by atoms with E-state index in [1.54, 1.807) is 23.5 Å². The molecule has 0 bridgehead atoms. The van der Waals surface area contributed by atoms with Crippen LogP contribution in [0.2, 0.25) is 4.34 Å². The molecule has 1 N–H and O–H groups in total. The van der Waals surface area contributed by atoms with Crippen LogP contribution in [-0.2, 0) is 13.0 Å². The fourth-order valence-electron chi connectivity index (χ4n) is 2.45. The van der Waals surface area contributed by atoms with Gasteiger partial charge in [-0.1, -0.05) is 27.5 Å². The predicted octanol–water partition coefficient (Wildman–Crippen LogP) is 5.08. The molecule has 1 heterocycles. The van der Waals surface area contributed by atoms with Crippen molar-refractivity contribution in [2.24, 2.45) is 0 Å². The molecule has 2 aromatic rings. The lowest BCUT2D eigenvalue weighted by Crippen LogP contribution is -2.18. The molecule has 5 heteroatoms. The summed E-state index contributed by atoms with van der Waals surface area (Å²) in [5.41, 5.74) is 2.25. The summed E-state index contributed by atoms with van der Waals surface area (Å²) in [5, 5.41) is 3.49. The van der Waals surface area contributed by atoms with Crippen molar-refractivity contribution in [1.29, 1.82) is 0 Å². The van der Waals surface area contributed by atoms with Gasteiger partial charge < -0.3 is 5.32 Å². The Kier molecular flexibility index (Phi) is 3.94. The molecule has 0 saturated carbocycles. The molecule has 1 unspecified atom stereocenters. The molecular weight excluding hydrogens is 349 g/mol. The van der Waals surface area contributed by atoms with Gasteiger partial charge in [0.2, 0.25) is 0 Å². The molecule has 1 aromatic carbocycles. The second-order valence-electron chi connectivity index (χ2n) is 4.64. The van der Waals surface area contributed by atoms with Crippen LogP contribution in [0.4, 0.5) is 4.39 Å². The third-order valence-electron chi connectivity index (χ3n) is 3.39. The molecule has 19 heavy (non-hydrogen) atoms. The van der Waals surface area contributed by atoms with Gasteiger partial charge in [0, 0.05) is 21.9 Å². The lowest BCUT2D eigenvalue weighted by Gasteiger charge is -2.14. The minimum absolute atomic E-state index is 0.203. The van der Waals surface area contributed by atoms with Crippen LogP contribution >= 0.6 is 38.9 Å². The second kappa shape index (κ2) is 5.52. The van der Waals surface area contributed by atoms with Gasteiger partial charge in [-0.3, -0.25) is 0 Å². The maximum atomic E-state index is 13.2. The summed E-state index contributed by atoms with van der Waals surface area (Å²) in [6, 6.07) is 7.14. The highest BCUT2D eigenvalue weighted by Gasteiger charge is 2.24. The highest BCUT2D eigenvalue weighted by atomic mass is 79.9. The van der Waals surface area contributed by atoms with E-state index < -0.39 is 0 Å². The van der Waals surface area contributed by atoms with Crippen LogP contribution in [0.15, 0.2) is 28.7 Å². The SMILES string of the molecule is Fc1ccc(Br)c(CNC2CCc3sc(Cl)cc32)c1. The van der Waals surface area contributed by atoms with Crippen LogP contribution in [0.25, 0.3) is 0 Å². The van der Waals surface area contributed by atoms with Gasteiger partial charge in [-0.2, -0.15) is 0 Å². The molecule has 0 saturated heterocycles. The maximum Gasteiger partial charge on any atom is 0.123 e. The molecule has 0 spiro atoms. The summed E-state index contributed by atoms with van der Waals surface area (Å²) in [4.78, 5) is 1.38. The lowest BCUT2D eigenvalue weighted by atomic mass is 10.1. The van der Waals surface area contributed by atoms with Gasteiger partial charge in [-0.25, -0.2) is 4.39 Å². The zero-order valence-electron chi connectivity index (χ0n) is 10.1. The predicted molar refractivity (Wildman–Crippen MR) is 81.3 cm³/mol. The molecule has 0 fully saturated rings. The van der Waals surface area contributed by atoms with E-state index in [4.69, 9.17) is 11.6 Å². The number of aryl methyl sites for hydroxylation is 1. The van der Waals surface area contributed by atoms with E-state index in [1.807, 2.05) is 6.07 Å². The minimum atomic E-state index is -0.203. The summed E-state index contributed by atoms with van der Waals surface area (Å²) >= 11 is 11.2. The molecule has 0 aliphatic heterocycles. The van der Waals surface area contributed by atoms with Gasteiger partial charge in [-0.15, -0.1) is 11.3 Å². The first-order valence-electron chi connectivity index (χ1n) is 6.09. The molecule has 1 aromatic heterocycles. The number of nitrogens with one attached hydrogen (secondary N) is 1. The summed E-state index contributed by atoms with van der Waals surface area (Å²) in [5.74, 6) is -0.203. The number of fused-ring (bicyclic) bond motifs is 1. The average molecular weight is 361 g/mol. The Labute approximate surface area is 128 Å². The smallest absolute Gasteiger partial charge is 0.123 e. The Balaban J connectivity index is 1.72. The van der Waals surface area contributed by atoms with Crippen LogP contribution in [0.3, 0.4) is 0 Å². The molecule has 1 atom stereocenters. The van der Waals surface area contributed by atoms with E-state index in [9.17, 15) is 4.39 Å². The quantitative estimate of drug-likeness (QED) is 0.805. The standard InChI is InChI=1S/C14H12BrClFNS/c15-11-2-1-9(17)5-8(11)7-18-12-3-4-13-10(12)6-14(16)19-13/h1-2,5-6,12,18H,3-4,7H2. The second-order valence-corrected chi connectivity index (χ2v) is 7.26. The molecule has 1 nitrogen and oxygen atoms in total. The van der Waals surface area contributed by atoms with Crippen LogP contribution in [-0.4, -0.2) is 0 Å². The van der Waals surface area contributed by atoms with Gasteiger partial charge in [0.15, 0.2) is 0 Å². The zero-order valence-corrected chi connectivity index (χ0v) is 13.2. The van der Waals surface area contributed by atoms with Crippen molar-refractivity contribution in [2.75, 3.05) is 0 Å². The Hall–Kier alpha value is -0.420. The van der Waals surface area contributed by atoms with Crippen molar-refractivity contribution in [3.05, 3.63) is 54.9 Å². The lowest BCUT2D eigenvalue weighted by molar-refractivity contribution is 0.527. The average Bonchev–Trinajstić information content (AvgIpc) is 2.90. The van der Waals surface area contributed by atoms with Crippen LogP contribution in [0, 0.1) is 5.82 Å². The number of benzene rings is 1. The van der Waals surface area contributed by atoms with Crippen molar-refractivity contribution in [3.8, 4) is 0 Å². The Morgan fingerprint density at radius 2 is 2.26 bits per heavy atom. The van der Waals surface area contributed by atoms with E-state index in [0.717, 1.165) is 27.2 Å². The highest BCUT2D eigenvalue weighted by molar-refractivity contribution is 9.10. The van der Waals surface area contributed by atoms with E-state index >= 15 is 0 Å². The maximum absolute atomic E-state index is 13.2. The highest BCUT2D eigenvalue weighted by Crippen LogP contribution is 2.39. The number of rotatable bonds is 3. The van der Waals surface area contributed by atoms with E-state index in [1.165, 1.54) is 16.5 Å². The molecule has 100 valence electrons. The van der Waals surface area contributed by atoms with Crippen molar-refractivity contribution < 1.29 is 4.39 Å². The molecular formula is C14H12BrClFNS. The third-order valence-corrected chi connectivity index (χ3v) is 5.51. The summed E-state index contributed by atoms with van der Waals surface area (Å²) < 4.78 is 15.0. The fourth-order valence-corrected chi connectivity index (χ4v) is 4.20. The Morgan fingerprint density at radius 3 is 3.11 bits per heavy atom. The first-order valence-corrected chi connectivity index (χ1v) is 8.07. The number of hydrogen-bond acceptors (Lipinski definition) is 2. The minimum Gasteiger partial charge on any atom is -0.306 e. The number of hydrogen-bond donors (Lipinski definition) is 1.